The molecule has 1 fully saturated rings. The first-order chi connectivity index (χ1) is 11.6. The number of aldehydes is 1. The molecule has 1 aliphatic rings. The van der Waals surface area contributed by atoms with Crippen molar-refractivity contribution in [3.05, 3.63) is 52.8 Å². The Bertz CT molecular complexity index is 728. The second kappa shape index (κ2) is 7.09. The van der Waals surface area contributed by atoms with Crippen molar-refractivity contribution >= 4 is 23.6 Å². The van der Waals surface area contributed by atoms with Crippen LogP contribution in [0.4, 0.5) is 10.1 Å². The standard InChI is InChI=1S/C18H17ClFNO3/c19-13-1-3-15(4-2-13)24-16-5-7-21(8-6-16)17-10-14(20)9-12(11-22)18(17)23/h1-4,9-11,16,23H,5-8H2. The van der Waals surface area contributed by atoms with E-state index in [9.17, 15) is 14.3 Å². The van der Waals surface area contributed by atoms with Crippen molar-refractivity contribution in [2.24, 2.45) is 0 Å². The molecule has 0 amide bonds. The van der Waals surface area contributed by atoms with Crippen LogP contribution in [-0.2, 0) is 0 Å². The summed E-state index contributed by atoms with van der Waals surface area (Å²) < 4.78 is 19.5. The highest BCUT2D eigenvalue weighted by molar-refractivity contribution is 6.30. The molecule has 0 atom stereocenters. The fraction of sp³-hybridized carbons (Fsp3) is 0.278. The van der Waals surface area contributed by atoms with Gasteiger partial charge in [0.25, 0.3) is 0 Å². The number of carbonyl (C=O) groups excluding carboxylic acids is 1. The molecular formula is C18H17ClFNO3. The molecule has 0 spiro atoms. The van der Waals surface area contributed by atoms with Crippen molar-refractivity contribution in [3.8, 4) is 11.5 Å². The Hall–Kier alpha value is -2.27. The maximum absolute atomic E-state index is 13.6. The molecule has 1 N–H and O–H groups in total. The summed E-state index contributed by atoms with van der Waals surface area (Å²) >= 11 is 5.85. The molecule has 0 bridgehead atoms. The molecule has 126 valence electrons. The Morgan fingerprint density at radius 3 is 2.50 bits per heavy atom. The van der Waals surface area contributed by atoms with Gasteiger partial charge in [-0.2, -0.15) is 0 Å². The molecule has 0 unspecified atom stereocenters. The van der Waals surface area contributed by atoms with Crippen molar-refractivity contribution in [2.45, 2.75) is 18.9 Å². The van der Waals surface area contributed by atoms with Gasteiger partial charge >= 0.3 is 0 Å². The van der Waals surface area contributed by atoms with E-state index in [0.717, 1.165) is 24.7 Å². The number of rotatable bonds is 4. The monoisotopic (exact) mass is 349 g/mol. The predicted molar refractivity (Wildman–Crippen MR) is 90.8 cm³/mol. The molecule has 4 nitrogen and oxygen atoms in total. The Morgan fingerprint density at radius 2 is 1.88 bits per heavy atom. The van der Waals surface area contributed by atoms with Gasteiger partial charge in [-0.05, 0) is 30.3 Å². The third kappa shape index (κ3) is 3.62. The highest BCUT2D eigenvalue weighted by Crippen LogP contribution is 2.33. The molecule has 3 rings (SSSR count). The van der Waals surface area contributed by atoms with Gasteiger partial charge < -0.3 is 14.7 Å². The molecule has 1 aliphatic heterocycles. The first kappa shape index (κ1) is 16.6. The zero-order valence-electron chi connectivity index (χ0n) is 12.9. The van der Waals surface area contributed by atoms with Crippen molar-refractivity contribution in [2.75, 3.05) is 18.0 Å². The van der Waals surface area contributed by atoms with Gasteiger partial charge in [0.2, 0.25) is 0 Å². The number of benzene rings is 2. The van der Waals surface area contributed by atoms with Gasteiger partial charge in [-0.15, -0.1) is 0 Å². The number of phenols is 1. The van der Waals surface area contributed by atoms with Crippen LogP contribution in [0.25, 0.3) is 0 Å². The molecule has 0 saturated carbocycles. The van der Waals surface area contributed by atoms with E-state index in [1.54, 1.807) is 12.1 Å². The number of piperidine rings is 1. The minimum atomic E-state index is -0.538. The van der Waals surface area contributed by atoms with Crippen LogP contribution in [0, 0.1) is 5.82 Å². The van der Waals surface area contributed by atoms with Crippen LogP contribution >= 0.6 is 11.6 Å². The fourth-order valence-electron chi connectivity index (χ4n) is 2.86. The Labute approximate surface area is 144 Å². The van der Waals surface area contributed by atoms with Gasteiger partial charge in [0.15, 0.2) is 6.29 Å². The summed E-state index contributed by atoms with van der Waals surface area (Å²) in [6.07, 6.45) is 1.96. The first-order valence-electron chi connectivity index (χ1n) is 7.71. The predicted octanol–water partition coefficient (Wildman–Crippen LogP) is 4.05. The molecule has 2 aromatic rings. The number of phenolic OH excluding ortho intramolecular Hbond substituents is 1. The van der Waals surface area contributed by atoms with Crippen LogP contribution < -0.4 is 9.64 Å². The summed E-state index contributed by atoms with van der Waals surface area (Å²) in [6, 6.07) is 9.48. The molecule has 0 radical (unpaired) electrons. The number of hydrogen-bond acceptors (Lipinski definition) is 4. The summed E-state index contributed by atoms with van der Waals surface area (Å²) in [4.78, 5) is 12.8. The lowest BCUT2D eigenvalue weighted by Gasteiger charge is -2.34. The number of aromatic hydroxyl groups is 1. The van der Waals surface area contributed by atoms with Crippen molar-refractivity contribution in [1.29, 1.82) is 0 Å². The van der Waals surface area contributed by atoms with Crippen molar-refractivity contribution in [1.82, 2.24) is 0 Å². The number of ether oxygens (including phenoxy) is 1. The van der Waals surface area contributed by atoms with Crippen LogP contribution in [0.3, 0.4) is 0 Å². The highest BCUT2D eigenvalue weighted by Gasteiger charge is 2.24. The zero-order valence-corrected chi connectivity index (χ0v) is 13.7. The topological polar surface area (TPSA) is 49.8 Å². The lowest BCUT2D eigenvalue weighted by Crippen LogP contribution is -2.38. The largest absolute Gasteiger partial charge is 0.505 e. The van der Waals surface area contributed by atoms with E-state index in [1.807, 2.05) is 17.0 Å². The van der Waals surface area contributed by atoms with Gasteiger partial charge in [-0.3, -0.25) is 4.79 Å². The summed E-state index contributed by atoms with van der Waals surface area (Å²) in [5.74, 6) is 0.0441. The maximum Gasteiger partial charge on any atom is 0.153 e. The summed E-state index contributed by atoms with van der Waals surface area (Å²) in [5.41, 5.74) is 0.312. The van der Waals surface area contributed by atoms with E-state index in [-0.39, 0.29) is 17.4 Å². The van der Waals surface area contributed by atoms with Crippen LogP contribution in [0.2, 0.25) is 5.02 Å². The molecule has 6 heteroatoms. The van der Waals surface area contributed by atoms with Crippen LogP contribution in [0.1, 0.15) is 23.2 Å². The van der Waals surface area contributed by atoms with Crippen LogP contribution in [0.15, 0.2) is 36.4 Å². The van der Waals surface area contributed by atoms with Gasteiger partial charge in [-0.1, -0.05) is 11.6 Å². The zero-order chi connectivity index (χ0) is 17.1. The number of nitrogens with zero attached hydrogens (tertiary/aromatic N) is 1. The average Bonchev–Trinajstić information content (AvgIpc) is 2.59. The minimum Gasteiger partial charge on any atom is -0.505 e. The van der Waals surface area contributed by atoms with Crippen molar-refractivity contribution in [3.63, 3.8) is 0 Å². The normalized spacial score (nSPS) is 15.3. The van der Waals surface area contributed by atoms with E-state index < -0.39 is 5.82 Å². The van der Waals surface area contributed by atoms with E-state index in [1.165, 1.54) is 6.07 Å². The molecule has 1 saturated heterocycles. The lowest BCUT2D eigenvalue weighted by atomic mass is 10.1. The fourth-order valence-corrected chi connectivity index (χ4v) is 2.98. The van der Waals surface area contributed by atoms with Gasteiger partial charge in [0, 0.05) is 37.0 Å². The molecule has 1 heterocycles. The highest BCUT2D eigenvalue weighted by atomic mass is 35.5. The molecule has 0 aromatic heterocycles. The van der Waals surface area contributed by atoms with Gasteiger partial charge in [0.1, 0.15) is 23.4 Å². The third-order valence-corrected chi connectivity index (χ3v) is 4.36. The summed E-state index contributed by atoms with van der Waals surface area (Å²) in [6.45, 7) is 1.21. The number of carbonyl (C=O) groups is 1. The Morgan fingerprint density at radius 1 is 1.21 bits per heavy atom. The van der Waals surface area contributed by atoms with E-state index >= 15 is 0 Å². The van der Waals surface area contributed by atoms with E-state index in [2.05, 4.69) is 0 Å². The Balaban J connectivity index is 1.66. The average molecular weight is 350 g/mol. The molecule has 0 aliphatic carbocycles. The van der Waals surface area contributed by atoms with Crippen molar-refractivity contribution < 1.29 is 19.0 Å². The molecule has 2 aromatic carbocycles. The summed E-state index contributed by atoms with van der Waals surface area (Å²) in [5, 5.41) is 10.8. The Kier molecular flexibility index (Phi) is 4.90. The van der Waals surface area contributed by atoms with Crippen LogP contribution in [-0.4, -0.2) is 30.6 Å². The number of anilines is 1. The smallest absolute Gasteiger partial charge is 0.153 e. The minimum absolute atomic E-state index is 0.0375. The number of halogens is 2. The van der Waals surface area contributed by atoms with Crippen LogP contribution in [0.5, 0.6) is 11.5 Å². The maximum atomic E-state index is 13.6. The molecular weight excluding hydrogens is 333 g/mol. The number of hydrogen-bond donors (Lipinski definition) is 1. The SMILES string of the molecule is O=Cc1cc(F)cc(N2CCC(Oc3ccc(Cl)cc3)CC2)c1O. The van der Waals surface area contributed by atoms with E-state index in [0.29, 0.717) is 30.1 Å². The first-order valence-corrected chi connectivity index (χ1v) is 8.09. The lowest BCUT2D eigenvalue weighted by molar-refractivity contribution is 0.112. The van der Waals surface area contributed by atoms with Gasteiger partial charge in [0.05, 0.1) is 11.3 Å². The second-order valence-corrected chi connectivity index (χ2v) is 6.18. The molecule has 24 heavy (non-hydrogen) atoms. The second-order valence-electron chi connectivity index (χ2n) is 5.74. The third-order valence-electron chi connectivity index (χ3n) is 4.11. The van der Waals surface area contributed by atoms with Gasteiger partial charge in [-0.25, -0.2) is 4.39 Å². The quantitative estimate of drug-likeness (QED) is 0.846. The summed E-state index contributed by atoms with van der Waals surface area (Å²) in [7, 11) is 0. The van der Waals surface area contributed by atoms with E-state index in [4.69, 9.17) is 16.3 Å².